The van der Waals surface area contributed by atoms with Gasteiger partial charge in [0.1, 0.15) is 6.29 Å². The van der Waals surface area contributed by atoms with E-state index in [1.165, 1.54) is 53.5 Å². The number of nitrogens with one attached hydrogen (secondary N) is 2. The molecule has 3 nitrogen and oxygen atoms in total. The molecular formula is C38H55ClN2O. The number of hydrogen-bond donors (Lipinski definition) is 2. The monoisotopic (exact) mass is 590 g/mol. The zero-order chi connectivity index (χ0) is 31.6. The summed E-state index contributed by atoms with van der Waals surface area (Å²) in [6.07, 6.45) is 6.79. The van der Waals surface area contributed by atoms with Crippen molar-refractivity contribution in [3.8, 4) is 0 Å². The zero-order valence-corrected chi connectivity index (χ0v) is 27.6. The second-order valence-corrected chi connectivity index (χ2v) is 10.4. The summed E-state index contributed by atoms with van der Waals surface area (Å²) in [5, 5.41) is 7.72. The molecule has 0 aliphatic rings. The fourth-order valence-corrected chi connectivity index (χ4v) is 4.60. The highest BCUT2D eigenvalue weighted by atomic mass is 35.5. The first-order valence-corrected chi connectivity index (χ1v) is 15.7. The van der Waals surface area contributed by atoms with Crippen molar-refractivity contribution in [2.24, 2.45) is 5.92 Å². The van der Waals surface area contributed by atoms with Crippen LogP contribution in [0.1, 0.15) is 81.2 Å². The predicted molar refractivity (Wildman–Crippen MR) is 187 cm³/mol. The molecule has 42 heavy (non-hydrogen) atoms. The molecule has 0 saturated heterocycles. The van der Waals surface area contributed by atoms with Crippen LogP contribution in [0, 0.1) is 12.8 Å². The van der Waals surface area contributed by atoms with Gasteiger partial charge in [-0.1, -0.05) is 118 Å². The van der Waals surface area contributed by atoms with Crippen LogP contribution in [0.5, 0.6) is 0 Å². The van der Waals surface area contributed by atoms with Gasteiger partial charge in [-0.2, -0.15) is 0 Å². The van der Waals surface area contributed by atoms with E-state index in [1.807, 2.05) is 51.1 Å². The smallest absolute Gasteiger partial charge is 0.120 e. The van der Waals surface area contributed by atoms with Crippen molar-refractivity contribution in [2.45, 2.75) is 79.8 Å². The van der Waals surface area contributed by atoms with Crippen LogP contribution in [0.15, 0.2) is 92.5 Å². The third-order valence-corrected chi connectivity index (χ3v) is 6.86. The van der Waals surface area contributed by atoms with Crippen molar-refractivity contribution in [2.75, 3.05) is 13.1 Å². The van der Waals surface area contributed by atoms with Gasteiger partial charge in [0.25, 0.3) is 0 Å². The number of hydrogen-bond acceptors (Lipinski definition) is 3. The molecule has 3 rings (SSSR count). The predicted octanol–water partition coefficient (Wildman–Crippen LogP) is 10.0. The van der Waals surface area contributed by atoms with Crippen LogP contribution in [0.2, 0.25) is 5.02 Å². The molecule has 1 unspecified atom stereocenters. The fraction of sp³-hybridized carbons (Fsp3) is 0.395. The number of unbranched alkanes of at least 4 members (excludes halogenated alkanes) is 2. The average molecular weight is 591 g/mol. The summed E-state index contributed by atoms with van der Waals surface area (Å²) in [4.78, 5) is 11.0. The van der Waals surface area contributed by atoms with E-state index in [0.717, 1.165) is 43.1 Å². The Morgan fingerprint density at radius 2 is 1.48 bits per heavy atom. The number of carbonyl (C=O) groups excluding carboxylic acids is 1. The molecule has 0 saturated carbocycles. The summed E-state index contributed by atoms with van der Waals surface area (Å²) in [5.41, 5.74) is 7.37. The van der Waals surface area contributed by atoms with Gasteiger partial charge in [-0.3, -0.25) is 0 Å². The quantitative estimate of drug-likeness (QED) is 0.105. The average Bonchev–Trinajstić information content (AvgIpc) is 3.01. The maximum Gasteiger partial charge on any atom is 0.120 e. The van der Waals surface area contributed by atoms with Crippen molar-refractivity contribution >= 4 is 23.5 Å². The molecule has 0 amide bonds. The molecule has 0 aliphatic carbocycles. The highest BCUT2D eigenvalue weighted by Gasteiger charge is 2.09. The third kappa shape index (κ3) is 17.1. The number of benzene rings is 3. The van der Waals surface area contributed by atoms with Crippen molar-refractivity contribution in [3.05, 3.63) is 125 Å². The van der Waals surface area contributed by atoms with Gasteiger partial charge in [-0.25, -0.2) is 0 Å². The van der Waals surface area contributed by atoms with E-state index >= 15 is 0 Å². The van der Waals surface area contributed by atoms with Gasteiger partial charge < -0.3 is 15.4 Å². The first kappa shape index (κ1) is 39.0. The Morgan fingerprint density at radius 1 is 0.881 bits per heavy atom. The highest BCUT2D eigenvalue weighted by molar-refractivity contribution is 6.30. The van der Waals surface area contributed by atoms with E-state index in [9.17, 15) is 4.79 Å². The van der Waals surface area contributed by atoms with Gasteiger partial charge in [0, 0.05) is 24.5 Å². The van der Waals surface area contributed by atoms with Gasteiger partial charge in [0.05, 0.1) is 0 Å². The van der Waals surface area contributed by atoms with E-state index in [2.05, 4.69) is 86.7 Å². The van der Waals surface area contributed by atoms with Crippen LogP contribution >= 0.6 is 11.6 Å². The van der Waals surface area contributed by atoms with Gasteiger partial charge in [0.15, 0.2) is 0 Å². The molecule has 3 aromatic carbocycles. The SMILES string of the molecule is C=C.C=C(C)c1ccccc1CNCC(CC=O)CNCc1ccc(Cl)cc1C.CC.CCCCCc1ccccc1. The van der Waals surface area contributed by atoms with Crippen LogP contribution in [0.3, 0.4) is 0 Å². The minimum Gasteiger partial charge on any atom is -0.312 e. The summed E-state index contributed by atoms with van der Waals surface area (Å²) in [6, 6.07) is 24.9. The topological polar surface area (TPSA) is 41.1 Å². The lowest BCUT2D eigenvalue weighted by atomic mass is 10.0. The number of halogens is 1. The molecule has 2 N–H and O–H groups in total. The molecular weight excluding hydrogens is 536 g/mol. The van der Waals surface area contributed by atoms with Gasteiger partial charge in [-0.05, 0) is 85.6 Å². The Kier molecular flexibility index (Phi) is 23.9. The van der Waals surface area contributed by atoms with Crippen molar-refractivity contribution < 1.29 is 4.79 Å². The number of aryl methyl sites for hydroxylation is 2. The fourth-order valence-electron chi connectivity index (χ4n) is 4.37. The Bertz CT molecular complexity index is 1110. The summed E-state index contributed by atoms with van der Waals surface area (Å²) in [6.45, 7) is 23.5. The molecule has 0 aliphatic heterocycles. The molecule has 0 heterocycles. The lowest BCUT2D eigenvalue weighted by Crippen LogP contribution is -2.31. The molecule has 230 valence electrons. The lowest BCUT2D eigenvalue weighted by molar-refractivity contribution is -0.108. The van der Waals surface area contributed by atoms with Crippen LogP contribution in [0.25, 0.3) is 5.57 Å². The minimum atomic E-state index is 0.257. The zero-order valence-electron chi connectivity index (χ0n) is 26.9. The van der Waals surface area contributed by atoms with E-state index < -0.39 is 0 Å². The summed E-state index contributed by atoms with van der Waals surface area (Å²) in [5.74, 6) is 0.257. The first-order valence-electron chi connectivity index (χ1n) is 15.3. The molecule has 3 aromatic rings. The first-order chi connectivity index (χ1) is 20.4. The maximum absolute atomic E-state index is 11.0. The number of aldehydes is 1. The Morgan fingerprint density at radius 3 is 2.05 bits per heavy atom. The maximum atomic E-state index is 11.0. The minimum absolute atomic E-state index is 0.257. The lowest BCUT2D eigenvalue weighted by Gasteiger charge is -2.18. The van der Waals surface area contributed by atoms with Crippen molar-refractivity contribution in [1.82, 2.24) is 10.6 Å². The molecule has 0 radical (unpaired) electrons. The van der Waals surface area contributed by atoms with Gasteiger partial charge in [0.2, 0.25) is 0 Å². The molecule has 1 atom stereocenters. The molecule has 0 aromatic heterocycles. The van der Waals surface area contributed by atoms with Gasteiger partial charge >= 0.3 is 0 Å². The Balaban J connectivity index is 0.000000931. The molecule has 0 fully saturated rings. The Hall–Kier alpha value is -2.98. The van der Waals surface area contributed by atoms with E-state index in [-0.39, 0.29) is 5.92 Å². The molecule has 4 heteroatoms. The van der Waals surface area contributed by atoms with Gasteiger partial charge in [-0.15, -0.1) is 13.2 Å². The van der Waals surface area contributed by atoms with Crippen molar-refractivity contribution in [1.29, 1.82) is 0 Å². The van der Waals surface area contributed by atoms with Crippen LogP contribution < -0.4 is 10.6 Å². The van der Waals surface area contributed by atoms with Crippen LogP contribution in [0.4, 0.5) is 0 Å². The van der Waals surface area contributed by atoms with Crippen molar-refractivity contribution in [3.63, 3.8) is 0 Å². The van der Waals surface area contributed by atoms with Crippen LogP contribution in [-0.4, -0.2) is 19.4 Å². The molecule has 0 spiro atoms. The second kappa shape index (κ2) is 25.7. The highest BCUT2D eigenvalue weighted by Crippen LogP contribution is 2.17. The van der Waals surface area contributed by atoms with E-state index in [1.54, 1.807) is 0 Å². The number of rotatable bonds is 15. The normalized spacial score (nSPS) is 10.5. The van der Waals surface area contributed by atoms with Crippen LogP contribution in [-0.2, 0) is 24.3 Å². The third-order valence-electron chi connectivity index (χ3n) is 6.62. The standard InChI is InChI=1S/C23H29ClN2O.C11H16.C2H6.C2H4/c1-17(2)23-7-5-4-6-21(23)16-26-14-19(10-11-27)13-25-15-20-8-9-22(24)12-18(20)3;1-2-3-5-8-11-9-6-4-7-10-11;2*1-2/h4-9,11-12,19,25-26H,1,10,13-16H2,2-3H3;4,6-7,9-10H,2-3,5,8H2,1H3;1-2H3;1-2H2. The summed E-state index contributed by atoms with van der Waals surface area (Å²) in [7, 11) is 0. The number of allylic oxidation sites excluding steroid dienone is 1. The number of carbonyl (C=O) groups is 1. The van der Waals surface area contributed by atoms with E-state index in [4.69, 9.17) is 11.6 Å². The van der Waals surface area contributed by atoms with E-state index in [0.29, 0.717) is 6.42 Å². The molecule has 0 bridgehead atoms. The summed E-state index contributed by atoms with van der Waals surface area (Å²) >= 11 is 6.01. The Labute approximate surface area is 262 Å². The summed E-state index contributed by atoms with van der Waals surface area (Å²) < 4.78 is 0. The second-order valence-electron chi connectivity index (χ2n) is 9.98. The largest absolute Gasteiger partial charge is 0.312 e.